The van der Waals surface area contributed by atoms with E-state index in [1.54, 1.807) is 35.2 Å². The van der Waals surface area contributed by atoms with Crippen LogP contribution in [0.4, 0.5) is 0 Å². The van der Waals surface area contributed by atoms with Crippen LogP contribution in [0.5, 0.6) is 0 Å². The molecule has 1 aromatic heterocycles. The van der Waals surface area contributed by atoms with Crippen molar-refractivity contribution in [1.82, 2.24) is 14.9 Å². The second-order valence-corrected chi connectivity index (χ2v) is 5.22. The van der Waals surface area contributed by atoms with Gasteiger partial charge in [0.15, 0.2) is 0 Å². The molecule has 2 rings (SSSR count). The van der Waals surface area contributed by atoms with Crippen LogP contribution in [0.2, 0.25) is 5.02 Å². The molecule has 0 saturated carbocycles. The number of nitrogens with zero attached hydrogens (tertiary/aromatic N) is 2. The number of carbonyl (C=O) groups excluding carboxylic acids is 1. The Balaban J connectivity index is 2.27. The molecule has 0 aliphatic heterocycles. The van der Waals surface area contributed by atoms with Gasteiger partial charge in [-0.05, 0) is 6.07 Å². The van der Waals surface area contributed by atoms with Gasteiger partial charge in [0, 0.05) is 36.4 Å². The van der Waals surface area contributed by atoms with Crippen molar-refractivity contribution in [2.45, 2.75) is 18.9 Å². The Morgan fingerprint density at radius 2 is 2.09 bits per heavy atom. The highest BCUT2D eigenvalue weighted by Gasteiger charge is 2.22. The Bertz CT molecular complexity index is 684. The van der Waals surface area contributed by atoms with Crippen LogP contribution >= 0.6 is 11.6 Å². The molecule has 0 aliphatic carbocycles. The third kappa shape index (κ3) is 3.85. The highest BCUT2D eigenvalue weighted by Crippen LogP contribution is 2.27. The summed E-state index contributed by atoms with van der Waals surface area (Å²) in [5.41, 5.74) is 0.710. The number of carboxylic acids is 1. The predicted molar refractivity (Wildman–Crippen MR) is 81.5 cm³/mol. The van der Waals surface area contributed by atoms with Gasteiger partial charge in [0.25, 0.3) is 0 Å². The van der Waals surface area contributed by atoms with Gasteiger partial charge in [0.05, 0.1) is 6.42 Å². The van der Waals surface area contributed by atoms with Gasteiger partial charge < -0.3 is 15.0 Å². The molecular formula is C15H16ClN3O3. The minimum absolute atomic E-state index is 0.0965. The second-order valence-electron chi connectivity index (χ2n) is 4.81. The van der Waals surface area contributed by atoms with Crippen molar-refractivity contribution >= 4 is 23.5 Å². The van der Waals surface area contributed by atoms with Gasteiger partial charge in [-0.2, -0.15) is 0 Å². The summed E-state index contributed by atoms with van der Waals surface area (Å²) >= 11 is 6.22. The summed E-state index contributed by atoms with van der Waals surface area (Å²) in [5.74, 6) is -0.756. The zero-order chi connectivity index (χ0) is 16.1. The number of carbonyl (C=O) groups is 2. The van der Waals surface area contributed by atoms with E-state index < -0.39 is 12.0 Å². The quantitative estimate of drug-likeness (QED) is 0.853. The lowest BCUT2D eigenvalue weighted by atomic mass is 10.1. The summed E-state index contributed by atoms with van der Waals surface area (Å²) in [7, 11) is 1.82. The second kappa shape index (κ2) is 7.09. The van der Waals surface area contributed by atoms with Crippen molar-refractivity contribution in [1.29, 1.82) is 0 Å². The van der Waals surface area contributed by atoms with Gasteiger partial charge in [-0.25, -0.2) is 4.98 Å². The van der Waals surface area contributed by atoms with Crippen LogP contribution < -0.4 is 5.32 Å². The van der Waals surface area contributed by atoms with E-state index in [1.165, 1.54) is 0 Å². The topological polar surface area (TPSA) is 84.2 Å². The molecule has 2 aromatic rings. The highest BCUT2D eigenvalue weighted by molar-refractivity contribution is 6.31. The normalized spacial score (nSPS) is 11.9. The SMILES string of the molecule is Cn1ccnc1C(NC(=O)CCC(=O)O)c1ccccc1Cl. The van der Waals surface area contributed by atoms with Gasteiger partial charge in [-0.15, -0.1) is 0 Å². The smallest absolute Gasteiger partial charge is 0.303 e. The van der Waals surface area contributed by atoms with Crippen LogP contribution in [-0.2, 0) is 16.6 Å². The van der Waals surface area contributed by atoms with Gasteiger partial charge in [-0.1, -0.05) is 29.8 Å². The molecular weight excluding hydrogens is 306 g/mol. The maximum atomic E-state index is 12.0. The lowest BCUT2D eigenvalue weighted by Crippen LogP contribution is -2.31. The average molecular weight is 322 g/mol. The van der Waals surface area contributed by atoms with E-state index in [2.05, 4.69) is 10.3 Å². The van der Waals surface area contributed by atoms with Crippen LogP contribution in [0.3, 0.4) is 0 Å². The Kier molecular flexibility index (Phi) is 5.16. The lowest BCUT2D eigenvalue weighted by Gasteiger charge is -2.20. The van der Waals surface area contributed by atoms with E-state index in [0.717, 1.165) is 0 Å². The van der Waals surface area contributed by atoms with Crippen molar-refractivity contribution in [2.75, 3.05) is 0 Å². The van der Waals surface area contributed by atoms with Crippen LogP contribution in [0, 0.1) is 0 Å². The third-order valence-corrected chi connectivity index (χ3v) is 3.55. The summed E-state index contributed by atoms with van der Waals surface area (Å²) < 4.78 is 1.78. The molecule has 6 nitrogen and oxygen atoms in total. The number of nitrogens with one attached hydrogen (secondary N) is 1. The first-order chi connectivity index (χ1) is 10.5. The molecule has 7 heteroatoms. The monoisotopic (exact) mass is 321 g/mol. The molecule has 0 spiro atoms. The zero-order valence-electron chi connectivity index (χ0n) is 12.0. The summed E-state index contributed by atoms with van der Waals surface area (Å²) in [6.45, 7) is 0. The van der Waals surface area contributed by atoms with Gasteiger partial charge in [0.2, 0.25) is 5.91 Å². The molecule has 0 radical (unpaired) electrons. The number of rotatable bonds is 6. The van der Waals surface area contributed by atoms with Crippen molar-refractivity contribution in [3.63, 3.8) is 0 Å². The van der Waals surface area contributed by atoms with Gasteiger partial charge in [-0.3, -0.25) is 9.59 Å². The predicted octanol–water partition coefficient (Wildman–Crippen LogP) is 2.14. The summed E-state index contributed by atoms with van der Waals surface area (Å²) in [5, 5.41) is 12.0. The molecule has 0 fully saturated rings. The van der Waals surface area contributed by atoms with E-state index in [1.807, 2.05) is 13.1 Å². The van der Waals surface area contributed by atoms with E-state index >= 15 is 0 Å². The summed E-state index contributed by atoms with van der Waals surface area (Å²) in [6.07, 6.45) is 3.08. The maximum Gasteiger partial charge on any atom is 0.303 e. The van der Waals surface area contributed by atoms with Crippen LogP contribution in [0.1, 0.15) is 30.3 Å². The van der Waals surface area contributed by atoms with Crippen molar-refractivity contribution < 1.29 is 14.7 Å². The Morgan fingerprint density at radius 1 is 1.36 bits per heavy atom. The number of hydrogen-bond acceptors (Lipinski definition) is 3. The first kappa shape index (κ1) is 16.0. The Morgan fingerprint density at radius 3 is 2.68 bits per heavy atom. The number of hydrogen-bond donors (Lipinski definition) is 2. The van der Waals surface area contributed by atoms with Crippen LogP contribution in [-0.4, -0.2) is 26.5 Å². The number of aliphatic carboxylic acids is 1. The van der Waals surface area contributed by atoms with Gasteiger partial charge in [0.1, 0.15) is 11.9 Å². The van der Waals surface area contributed by atoms with Crippen molar-refractivity contribution in [3.05, 3.63) is 53.1 Å². The van der Waals surface area contributed by atoms with Gasteiger partial charge >= 0.3 is 5.97 Å². The number of carboxylic acid groups (broad SMARTS) is 1. The molecule has 0 saturated heterocycles. The molecule has 116 valence electrons. The Hall–Kier alpha value is -2.34. The zero-order valence-corrected chi connectivity index (χ0v) is 12.7. The third-order valence-electron chi connectivity index (χ3n) is 3.20. The number of imidazole rings is 1. The van der Waals surface area contributed by atoms with Crippen LogP contribution in [0.25, 0.3) is 0 Å². The van der Waals surface area contributed by atoms with Crippen molar-refractivity contribution in [2.24, 2.45) is 7.05 Å². The molecule has 22 heavy (non-hydrogen) atoms. The molecule has 1 aromatic carbocycles. The number of aromatic nitrogens is 2. The molecule has 0 aliphatic rings. The average Bonchev–Trinajstić information content (AvgIpc) is 2.89. The standard InChI is InChI=1S/C15H16ClN3O3/c1-19-9-8-17-15(19)14(10-4-2-3-5-11(10)16)18-12(20)6-7-13(21)22/h2-5,8-9,14H,6-7H2,1H3,(H,18,20)(H,21,22). The molecule has 1 heterocycles. The fourth-order valence-corrected chi connectivity index (χ4v) is 2.34. The number of aryl methyl sites for hydroxylation is 1. The molecule has 1 amide bonds. The summed E-state index contributed by atoms with van der Waals surface area (Å²) in [4.78, 5) is 26.8. The summed E-state index contributed by atoms with van der Waals surface area (Å²) in [6, 6.07) is 6.62. The first-order valence-electron chi connectivity index (χ1n) is 6.72. The molecule has 0 bridgehead atoms. The van der Waals surface area contributed by atoms with E-state index in [0.29, 0.717) is 16.4 Å². The maximum absolute atomic E-state index is 12.0. The Labute approximate surface area is 132 Å². The fraction of sp³-hybridized carbons (Fsp3) is 0.267. The van der Waals surface area contributed by atoms with Crippen molar-refractivity contribution in [3.8, 4) is 0 Å². The molecule has 2 N–H and O–H groups in total. The molecule has 1 unspecified atom stereocenters. The minimum Gasteiger partial charge on any atom is -0.481 e. The van der Waals surface area contributed by atoms with Crippen LogP contribution in [0.15, 0.2) is 36.7 Å². The fourth-order valence-electron chi connectivity index (χ4n) is 2.10. The lowest BCUT2D eigenvalue weighted by molar-refractivity contribution is -0.138. The van der Waals surface area contributed by atoms with E-state index in [4.69, 9.17) is 16.7 Å². The first-order valence-corrected chi connectivity index (χ1v) is 7.09. The molecule has 1 atom stereocenters. The minimum atomic E-state index is -1.01. The number of halogens is 1. The van der Waals surface area contributed by atoms with E-state index in [9.17, 15) is 9.59 Å². The number of benzene rings is 1. The highest BCUT2D eigenvalue weighted by atomic mass is 35.5. The number of amides is 1. The largest absolute Gasteiger partial charge is 0.481 e. The van der Waals surface area contributed by atoms with E-state index in [-0.39, 0.29) is 18.7 Å².